The van der Waals surface area contributed by atoms with Gasteiger partial charge in [-0.05, 0) is 23.8 Å². The monoisotopic (exact) mass is 299 g/mol. The second kappa shape index (κ2) is 7.26. The SMILES string of the molecule is COC(=O)[C@H](Cc1ccccc1)NC(=O)c1cccc(O)c1. The summed E-state index contributed by atoms with van der Waals surface area (Å²) in [6, 6.07) is 14.5. The van der Waals surface area contributed by atoms with Crippen LogP contribution in [0.15, 0.2) is 54.6 Å². The number of aromatic hydroxyl groups is 1. The van der Waals surface area contributed by atoms with Gasteiger partial charge in [0.2, 0.25) is 0 Å². The summed E-state index contributed by atoms with van der Waals surface area (Å²) in [4.78, 5) is 24.1. The van der Waals surface area contributed by atoms with Crippen LogP contribution in [-0.4, -0.2) is 30.1 Å². The molecule has 114 valence electrons. The third kappa shape index (κ3) is 4.09. The van der Waals surface area contributed by atoms with Gasteiger partial charge in [-0.1, -0.05) is 36.4 Å². The molecule has 0 aliphatic carbocycles. The fourth-order valence-corrected chi connectivity index (χ4v) is 2.07. The van der Waals surface area contributed by atoms with E-state index in [0.717, 1.165) is 5.56 Å². The molecule has 0 spiro atoms. The quantitative estimate of drug-likeness (QED) is 0.827. The summed E-state index contributed by atoms with van der Waals surface area (Å²) in [5, 5.41) is 12.1. The van der Waals surface area contributed by atoms with Crippen LogP contribution in [0.3, 0.4) is 0 Å². The molecular weight excluding hydrogens is 282 g/mol. The van der Waals surface area contributed by atoms with Crippen molar-refractivity contribution in [3.05, 3.63) is 65.7 Å². The first-order chi connectivity index (χ1) is 10.6. The summed E-state index contributed by atoms with van der Waals surface area (Å²) in [5.74, 6) is -0.968. The van der Waals surface area contributed by atoms with E-state index < -0.39 is 17.9 Å². The minimum absolute atomic E-state index is 0.00896. The second-order valence-electron chi connectivity index (χ2n) is 4.79. The van der Waals surface area contributed by atoms with Crippen molar-refractivity contribution in [2.45, 2.75) is 12.5 Å². The van der Waals surface area contributed by atoms with Crippen LogP contribution in [0.5, 0.6) is 5.75 Å². The van der Waals surface area contributed by atoms with E-state index in [4.69, 9.17) is 4.74 Å². The molecule has 0 aromatic heterocycles. The summed E-state index contributed by atoms with van der Waals surface area (Å²) in [5.41, 5.74) is 1.19. The van der Waals surface area contributed by atoms with E-state index >= 15 is 0 Å². The Balaban J connectivity index is 2.13. The Morgan fingerprint density at radius 2 is 1.86 bits per heavy atom. The number of benzene rings is 2. The summed E-state index contributed by atoms with van der Waals surface area (Å²) in [7, 11) is 1.28. The fourth-order valence-electron chi connectivity index (χ4n) is 2.07. The predicted molar refractivity (Wildman–Crippen MR) is 81.5 cm³/mol. The van der Waals surface area contributed by atoms with Crippen LogP contribution in [0.25, 0.3) is 0 Å². The number of nitrogens with one attached hydrogen (secondary N) is 1. The zero-order valence-electron chi connectivity index (χ0n) is 12.2. The van der Waals surface area contributed by atoms with Gasteiger partial charge in [0, 0.05) is 12.0 Å². The highest BCUT2D eigenvalue weighted by atomic mass is 16.5. The number of phenols is 1. The molecule has 0 fully saturated rings. The molecule has 5 nitrogen and oxygen atoms in total. The molecule has 22 heavy (non-hydrogen) atoms. The predicted octanol–water partition coefficient (Wildman–Crippen LogP) is 1.91. The van der Waals surface area contributed by atoms with Gasteiger partial charge in [0.15, 0.2) is 0 Å². The zero-order valence-corrected chi connectivity index (χ0v) is 12.2. The van der Waals surface area contributed by atoms with Gasteiger partial charge in [-0.15, -0.1) is 0 Å². The molecule has 2 aromatic carbocycles. The molecule has 5 heteroatoms. The lowest BCUT2D eigenvalue weighted by Gasteiger charge is -2.16. The average Bonchev–Trinajstić information content (AvgIpc) is 2.54. The summed E-state index contributed by atoms with van der Waals surface area (Å²) >= 11 is 0. The van der Waals surface area contributed by atoms with Crippen molar-refractivity contribution < 1.29 is 19.4 Å². The van der Waals surface area contributed by atoms with Gasteiger partial charge in [0.25, 0.3) is 5.91 Å². The topological polar surface area (TPSA) is 75.6 Å². The van der Waals surface area contributed by atoms with Gasteiger partial charge < -0.3 is 15.2 Å². The van der Waals surface area contributed by atoms with Crippen molar-refractivity contribution in [3.63, 3.8) is 0 Å². The molecule has 0 aliphatic rings. The first kappa shape index (κ1) is 15.6. The van der Waals surface area contributed by atoms with Gasteiger partial charge in [-0.3, -0.25) is 4.79 Å². The minimum atomic E-state index is -0.790. The number of carbonyl (C=O) groups is 2. The Hall–Kier alpha value is -2.82. The number of phenolic OH excluding ortho intramolecular Hbond substituents is 1. The van der Waals surface area contributed by atoms with Crippen molar-refractivity contribution in [1.82, 2.24) is 5.32 Å². The number of carbonyl (C=O) groups excluding carboxylic acids is 2. The van der Waals surface area contributed by atoms with E-state index in [9.17, 15) is 14.7 Å². The Morgan fingerprint density at radius 1 is 1.14 bits per heavy atom. The molecule has 0 radical (unpaired) electrons. The number of methoxy groups -OCH3 is 1. The zero-order chi connectivity index (χ0) is 15.9. The van der Waals surface area contributed by atoms with Gasteiger partial charge in [-0.2, -0.15) is 0 Å². The minimum Gasteiger partial charge on any atom is -0.508 e. The molecule has 0 heterocycles. The molecule has 1 amide bonds. The third-order valence-electron chi connectivity index (χ3n) is 3.18. The van der Waals surface area contributed by atoms with Crippen LogP contribution in [0, 0.1) is 0 Å². The van der Waals surface area contributed by atoms with Crippen LogP contribution in [-0.2, 0) is 16.0 Å². The summed E-state index contributed by atoms with van der Waals surface area (Å²) < 4.78 is 4.74. The lowest BCUT2D eigenvalue weighted by molar-refractivity contribution is -0.142. The average molecular weight is 299 g/mol. The van der Waals surface area contributed by atoms with E-state index in [0.29, 0.717) is 6.42 Å². The Labute approximate surface area is 128 Å². The van der Waals surface area contributed by atoms with E-state index in [1.807, 2.05) is 30.3 Å². The molecule has 0 bridgehead atoms. The molecule has 2 N–H and O–H groups in total. The van der Waals surface area contributed by atoms with Crippen LogP contribution in [0.4, 0.5) is 0 Å². The van der Waals surface area contributed by atoms with E-state index in [-0.39, 0.29) is 11.3 Å². The maximum Gasteiger partial charge on any atom is 0.328 e. The summed E-state index contributed by atoms with van der Waals surface area (Å²) in [6.07, 6.45) is 0.331. The van der Waals surface area contributed by atoms with Crippen molar-refractivity contribution in [3.8, 4) is 5.75 Å². The highest BCUT2D eigenvalue weighted by molar-refractivity contribution is 5.97. The molecule has 0 aliphatic heterocycles. The molecule has 0 unspecified atom stereocenters. The number of ether oxygens (including phenoxy) is 1. The van der Waals surface area contributed by atoms with E-state index in [1.165, 1.54) is 19.2 Å². The number of esters is 1. The highest BCUT2D eigenvalue weighted by Gasteiger charge is 2.22. The first-order valence-corrected chi connectivity index (χ1v) is 6.82. The first-order valence-electron chi connectivity index (χ1n) is 6.82. The fraction of sp³-hybridized carbons (Fsp3) is 0.176. The van der Waals surface area contributed by atoms with Crippen molar-refractivity contribution >= 4 is 11.9 Å². The van der Waals surface area contributed by atoms with Gasteiger partial charge in [-0.25, -0.2) is 4.79 Å². The maximum atomic E-state index is 12.2. The second-order valence-corrected chi connectivity index (χ2v) is 4.79. The van der Waals surface area contributed by atoms with Gasteiger partial charge in [0.05, 0.1) is 7.11 Å². The van der Waals surface area contributed by atoms with E-state index in [1.54, 1.807) is 12.1 Å². The molecule has 0 saturated heterocycles. The Bertz CT molecular complexity index is 655. The molecular formula is C17H17NO4. The van der Waals surface area contributed by atoms with Gasteiger partial charge in [0.1, 0.15) is 11.8 Å². The van der Waals surface area contributed by atoms with Crippen LogP contribution in [0.2, 0.25) is 0 Å². The maximum absolute atomic E-state index is 12.2. The molecule has 0 saturated carbocycles. The van der Waals surface area contributed by atoms with Crippen molar-refractivity contribution in [2.24, 2.45) is 0 Å². The number of rotatable bonds is 5. The molecule has 1 atom stereocenters. The van der Waals surface area contributed by atoms with Crippen LogP contribution >= 0.6 is 0 Å². The highest BCUT2D eigenvalue weighted by Crippen LogP contribution is 2.12. The number of hydrogen-bond acceptors (Lipinski definition) is 4. The number of hydrogen-bond donors (Lipinski definition) is 2. The van der Waals surface area contributed by atoms with Crippen LogP contribution in [0.1, 0.15) is 15.9 Å². The van der Waals surface area contributed by atoms with E-state index in [2.05, 4.69) is 5.32 Å². The van der Waals surface area contributed by atoms with Crippen molar-refractivity contribution in [2.75, 3.05) is 7.11 Å². The van der Waals surface area contributed by atoms with Crippen molar-refractivity contribution in [1.29, 1.82) is 0 Å². The molecule has 2 aromatic rings. The Morgan fingerprint density at radius 3 is 2.50 bits per heavy atom. The smallest absolute Gasteiger partial charge is 0.328 e. The third-order valence-corrected chi connectivity index (χ3v) is 3.18. The summed E-state index contributed by atoms with van der Waals surface area (Å²) in [6.45, 7) is 0. The van der Waals surface area contributed by atoms with Gasteiger partial charge >= 0.3 is 5.97 Å². The van der Waals surface area contributed by atoms with Crippen LogP contribution < -0.4 is 5.32 Å². The number of amides is 1. The standard InChI is InChI=1S/C17H17NO4/c1-22-17(21)15(10-12-6-3-2-4-7-12)18-16(20)13-8-5-9-14(19)11-13/h2-9,11,15,19H,10H2,1H3,(H,18,20)/t15-/m0/s1. The molecule has 2 rings (SSSR count). The Kier molecular flexibility index (Phi) is 5.14. The lowest BCUT2D eigenvalue weighted by atomic mass is 10.1. The largest absolute Gasteiger partial charge is 0.508 e. The normalized spacial score (nSPS) is 11.5. The lowest BCUT2D eigenvalue weighted by Crippen LogP contribution is -2.43.